The van der Waals surface area contributed by atoms with Crippen LogP contribution in [0.25, 0.3) is 11.1 Å². The Morgan fingerprint density at radius 3 is 2.44 bits per heavy atom. The molecule has 0 spiro atoms. The van der Waals surface area contributed by atoms with E-state index >= 15 is 0 Å². The van der Waals surface area contributed by atoms with Crippen molar-refractivity contribution < 1.29 is 28.8 Å². The van der Waals surface area contributed by atoms with E-state index in [-0.39, 0.29) is 36.2 Å². The second kappa shape index (κ2) is 15.0. The summed E-state index contributed by atoms with van der Waals surface area (Å²) < 4.78 is 23.3. The van der Waals surface area contributed by atoms with Gasteiger partial charge in [0.25, 0.3) is 0 Å². The summed E-state index contributed by atoms with van der Waals surface area (Å²) in [6.45, 7) is 6.73. The highest BCUT2D eigenvalue weighted by molar-refractivity contribution is 5.73. The van der Waals surface area contributed by atoms with Gasteiger partial charge >= 0.3 is 5.97 Å². The number of piperidine rings is 1. The van der Waals surface area contributed by atoms with Crippen molar-refractivity contribution in [1.82, 2.24) is 4.90 Å². The van der Waals surface area contributed by atoms with Gasteiger partial charge in [-0.3, -0.25) is 9.69 Å². The molecule has 7 nitrogen and oxygen atoms in total. The van der Waals surface area contributed by atoms with Crippen molar-refractivity contribution in [3.05, 3.63) is 72.3 Å². The topological polar surface area (TPSA) is 77.5 Å². The number of allylic oxidation sites excluding steroid dienone is 2. The van der Waals surface area contributed by atoms with Crippen LogP contribution in [0.1, 0.15) is 64.4 Å². The Hall–Kier alpha value is -2.55. The second-order valence-corrected chi connectivity index (χ2v) is 12.7. The van der Waals surface area contributed by atoms with Crippen molar-refractivity contribution in [1.29, 1.82) is 0 Å². The number of aliphatic hydroxyl groups is 1. The highest BCUT2D eigenvalue weighted by Gasteiger charge is 2.46. The first-order valence-electron chi connectivity index (χ1n) is 16.1. The van der Waals surface area contributed by atoms with Gasteiger partial charge in [0.05, 0.1) is 44.6 Å². The summed E-state index contributed by atoms with van der Waals surface area (Å²) in [6, 6.07) is 19.1. The Kier molecular flexibility index (Phi) is 11.1. The standard InChI is InChI=1S/C36H49NO6/c1-36(2)42-25-33(43-36)30(35(39)40-3)16-10-5-9-15-29-32(23-31(38)34(29)37-21-11-6-12-22-37)41-24-26-17-19-28(20-18-26)27-13-7-4-8-14-27/h4-5,7-8,10,13-14,17-20,29-34,38H,6,9,11-12,15-16,21-25H2,1-3H3/t29-,30?,31-,32-,33?,34+/m0/s1. The molecule has 7 heteroatoms. The van der Waals surface area contributed by atoms with E-state index in [0.29, 0.717) is 26.1 Å². The maximum absolute atomic E-state index is 12.5. The van der Waals surface area contributed by atoms with E-state index in [1.165, 1.54) is 37.5 Å². The maximum Gasteiger partial charge on any atom is 0.311 e. The Morgan fingerprint density at radius 1 is 1.05 bits per heavy atom. The third-order valence-corrected chi connectivity index (χ3v) is 9.33. The molecule has 2 heterocycles. The highest BCUT2D eigenvalue weighted by Crippen LogP contribution is 2.38. The fourth-order valence-electron chi connectivity index (χ4n) is 7.08. The molecule has 0 amide bonds. The predicted molar refractivity (Wildman–Crippen MR) is 167 cm³/mol. The number of likely N-dealkylation sites (tertiary alicyclic amines) is 1. The Bertz CT molecular complexity index is 1180. The lowest BCUT2D eigenvalue weighted by Gasteiger charge is -2.38. The molecule has 0 aromatic heterocycles. The number of hydrogen-bond donors (Lipinski definition) is 1. The summed E-state index contributed by atoms with van der Waals surface area (Å²) >= 11 is 0. The number of hydrogen-bond acceptors (Lipinski definition) is 7. The maximum atomic E-state index is 12.5. The van der Waals surface area contributed by atoms with Gasteiger partial charge in [-0.15, -0.1) is 0 Å². The summed E-state index contributed by atoms with van der Waals surface area (Å²) in [5, 5.41) is 11.3. The lowest BCUT2D eigenvalue weighted by Crippen LogP contribution is -2.47. The first kappa shape index (κ1) is 31.9. The summed E-state index contributed by atoms with van der Waals surface area (Å²) in [5.74, 6) is -1.12. The van der Waals surface area contributed by atoms with Crippen LogP contribution in [0.3, 0.4) is 0 Å². The molecule has 43 heavy (non-hydrogen) atoms. The number of aliphatic hydroxyl groups excluding tert-OH is 1. The van der Waals surface area contributed by atoms with E-state index in [1.54, 1.807) is 0 Å². The second-order valence-electron chi connectivity index (χ2n) is 12.7. The molecular weight excluding hydrogens is 542 g/mol. The third kappa shape index (κ3) is 8.34. The summed E-state index contributed by atoms with van der Waals surface area (Å²) in [4.78, 5) is 15.0. The van der Waals surface area contributed by atoms with Crippen LogP contribution >= 0.6 is 0 Å². The third-order valence-electron chi connectivity index (χ3n) is 9.33. The number of rotatable bonds is 12. The van der Waals surface area contributed by atoms with Crippen LogP contribution < -0.4 is 0 Å². The average molecular weight is 592 g/mol. The molecule has 3 aliphatic rings. The van der Waals surface area contributed by atoms with E-state index in [0.717, 1.165) is 31.5 Å². The van der Waals surface area contributed by atoms with Crippen molar-refractivity contribution in [3.63, 3.8) is 0 Å². The quantitative estimate of drug-likeness (QED) is 0.235. The van der Waals surface area contributed by atoms with Crippen molar-refractivity contribution in [2.24, 2.45) is 11.8 Å². The van der Waals surface area contributed by atoms with Crippen LogP contribution in [0, 0.1) is 11.8 Å². The normalized spacial score (nSPS) is 28.3. The van der Waals surface area contributed by atoms with E-state index in [4.69, 9.17) is 18.9 Å². The van der Waals surface area contributed by atoms with Gasteiger partial charge in [0.1, 0.15) is 0 Å². The minimum absolute atomic E-state index is 0.00165. The van der Waals surface area contributed by atoms with Gasteiger partial charge in [-0.1, -0.05) is 73.2 Å². The molecule has 234 valence electrons. The summed E-state index contributed by atoms with van der Waals surface area (Å²) in [5.41, 5.74) is 3.54. The van der Waals surface area contributed by atoms with Crippen LogP contribution in [0.2, 0.25) is 0 Å². The highest BCUT2D eigenvalue weighted by atomic mass is 16.7. The van der Waals surface area contributed by atoms with Gasteiger partial charge in [-0.2, -0.15) is 0 Å². The molecule has 2 aromatic carbocycles. The molecule has 2 unspecified atom stereocenters. The van der Waals surface area contributed by atoms with Crippen molar-refractivity contribution in [2.45, 2.75) is 95.5 Å². The van der Waals surface area contributed by atoms with Crippen LogP contribution in [-0.4, -0.2) is 72.9 Å². The monoisotopic (exact) mass is 591 g/mol. The van der Waals surface area contributed by atoms with Crippen LogP contribution in [0.5, 0.6) is 0 Å². The summed E-state index contributed by atoms with van der Waals surface area (Å²) in [6.07, 6.45) is 10.1. The van der Waals surface area contributed by atoms with Gasteiger partial charge < -0.3 is 24.1 Å². The molecule has 6 atom stereocenters. The lowest BCUT2D eigenvalue weighted by atomic mass is 9.92. The minimum Gasteiger partial charge on any atom is -0.469 e. The number of carbonyl (C=O) groups excluding carboxylic acids is 1. The zero-order valence-electron chi connectivity index (χ0n) is 26.0. The van der Waals surface area contributed by atoms with Crippen molar-refractivity contribution >= 4 is 5.97 Å². The molecule has 5 rings (SSSR count). The number of ether oxygens (including phenoxy) is 4. The molecular formula is C36H49NO6. The van der Waals surface area contributed by atoms with Crippen LogP contribution in [-0.2, 0) is 30.3 Å². The largest absolute Gasteiger partial charge is 0.469 e. The number of methoxy groups -OCH3 is 1. The van der Waals surface area contributed by atoms with Crippen molar-refractivity contribution in [3.8, 4) is 11.1 Å². The number of esters is 1. The molecule has 0 bridgehead atoms. The predicted octanol–water partition coefficient (Wildman–Crippen LogP) is 6.14. The zero-order valence-corrected chi connectivity index (χ0v) is 26.0. The zero-order chi connectivity index (χ0) is 30.2. The van der Waals surface area contributed by atoms with E-state index in [9.17, 15) is 9.90 Å². The van der Waals surface area contributed by atoms with Gasteiger partial charge in [0, 0.05) is 18.4 Å². The Morgan fingerprint density at radius 2 is 1.77 bits per heavy atom. The lowest BCUT2D eigenvalue weighted by molar-refractivity contribution is -0.161. The first-order chi connectivity index (χ1) is 20.8. The SMILES string of the molecule is COC(=O)C(CC=CCC[C@@H]1[C@@H](N2CCCCC2)[C@@H](O)C[C@@H]1OCc1ccc(-c2ccccc2)cc1)C1COC(C)(C)O1. The van der Waals surface area contributed by atoms with Gasteiger partial charge in [0.15, 0.2) is 5.79 Å². The fourth-order valence-corrected chi connectivity index (χ4v) is 7.08. The van der Waals surface area contributed by atoms with Crippen molar-refractivity contribution in [2.75, 3.05) is 26.8 Å². The molecule has 1 N–H and O–H groups in total. The molecule has 0 radical (unpaired) electrons. The Labute approximate surface area is 257 Å². The summed E-state index contributed by atoms with van der Waals surface area (Å²) in [7, 11) is 1.42. The van der Waals surface area contributed by atoms with Gasteiger partial charge in [-0.05, 0) is 75.7 Å². The number of nitrogens with zero attached hydrogens (tertiary/aromatic N) is 1. The van der Waals surface area contributed by atoms with E-state index in [2.05, 4.69) is 65.6 Å². The molecule has 1 aliphatic carbocycles. The molecule has 2 aromatic rings. The van der Waals surface area contributed by atoms with Crippen LogP contribution in [0.4, 0.5) is 0 Å². The average Bonchev–Trinajstić information content (AvgIpc) is 3.55. The number of carbonyl (C=O) groups is 1. The van der Waals surface area contributed by atoms with E-state index in [1.807, 2.05) is 19.9 Å². The van der Waals surface area contributed by atoms with E-state index < -0.39 is 11.7 Å². The van der Waals surface area contributed by atoms with Crippen LogP contribution in [0.15, 0.2) is 66.7 Å². The van der Waals surface area contributed by atoms with Gasteiger partial charge in [-0.25, -0.2) is 0 Å². The molecule has 2 saturated heterocycles. The smallest absolute Gasteiger partial charge is 0.311 e. The molecule has 2 aliphatic heterocycles. The molecule has 1 saturated carbocycles. The van der Waals surface area contributed by atoms with Gasteiger partial charge in [0.2, 0.25) is 0 Å². The molecule has 3 fully saturated rings. The fraction of sp³-hybridized carbons (Fsp3) is 0.583. The number of benzene rings is 2. The Balaban J connectivity index is 1.20. The minimum atomic E-state index is -0.688. The first-order valence-corrected chi connectivity index (χ1v) is 16.1.